The molecule has 0 aromatic heterocycles. The number of nitrogens with one attached hydrogen (secondary N) is 1. The van der Waals surface area contributed by atoms with Crippen molar-refractivity contribution in [3.8, 4) is 0 Å². The third-order valence-electron chi connectivity index (χ3n) is 2.26. The molecule has 1 saturated heterocycles. The summed E-state index contributed by atoms with van der Waals surface area (Å²) in [6.45, 7) is 7.06. The molecule has 6 nitrogen and oxygen atoms in total. The lowest BCUT2D eigenvalue weighted by atomic mass is 10.3. The van der Waals surface area contributed by atoms with Crippen LogP contribution in [0, 0.1) is 0 Å². The van der Waals surface area contributed by atoms with Crippen LogP contribution in [0.1, 0.15) is 6.92 Å². The van der Waals surface area contributed by atoms with E-state index in [1.807, 2.05) is 6.92 Å². The van der Waals surface area contributed by atoms with Crippen molar-refractivity contribution in [1.29, 1.82) is 0 Å². The Balaban J connectivity index is 2.61. The maximum Gasteiger partial charge on any atom is 0.334 e. The van der Waals surface area contributed by atoms with Crippen molar-refractivity contribution in [3.05, 3.63) is 12.2 Å². The van der Waals surface area contributed by atoms with Crippen LogP contribution < -0.4 is 5.32 Å². The van der Waals surface area contributed by atoms with Crippen molar-refractivity contribution < 1.29 is 14.4 Å². The number of amides is 4. The number of likely N-dealkylation sites (N-methyl/N-ethyl adjacent to an activating group) is 2. The molecule has 0 saturated carbocycles. The number of nitrogens with zero attached hydrogens (tertiary/aromatic N) is 2. The van der Waals surface area contributed by atoms with Crippen molar-refractivity contribution >= 4 is 17.8 Å². The molecular weight excluding hydrogens is 210 g/mol. The van der Waals surface area contributed by atoms with E-state index in [-0.39, 0.29) is 6.54 Å². The highest BCUT2D eigenvalue weighted by atomic mass is 16.2. The molecule has 1 fully saturated rings. The molecule has 1 aliphatic rings. The van der Waals surface area contributed by atoms with Crippen molar-refractivity contribution in [2.75, 3.05) is 26.7 Å². The van der Waals surface area contributed by atoms with E-state index >= 15 is 0 Å². The van der Waals surface area contributed by atoms with Gasteiger partial charge in [-0.1, -0.05) is 13.5 Å². The summed E-state index contributed by atoms with van der Waals surface area (Å²) in [7, 11) is 1.29. The minimum Gasteiger partial charge on any atom is -0.313 e. The predicted octanol–water partition coefficient (Wildman–Crippen LogP) is -0.427. The summed E-state index contributed by atoms with van der Waals surface area (Å²) < 4.78 is 0. The first-order valence-corrected chi connectivity index (χ1v) is 5.00. The molecular formula is C10H15N3O3. The van der Waals surface area contributed by atoms with Crippen LogP contribution in [0.25, 0.3) is 0 Å². The quantitative estimate of drug-likeness (QED) is 0.391. The van der Waals surface area contributed by atoms with E-state index in [4.69, 9.17) is 0 Å². The fraction of sp³-hybridized carbons (Fsp3) is 0.500. The van der Waals surface area contributed by atoms with Gasteiger partial charge in [0.25, 0.3) is 0 Å². The van der Waals surface area contributed by atoms with Crippen LogP contribution in [0.5, 0.6) is 0 Å². The zero-order valence-corrected chi connectivity index (χ0v) is 9.45. The van der Waals surface area contributed by atoms with Crippen LogP contribution in [-0.2, 0) is 9.59 Å². The molecule has 1 heterocycles. The lowest BCUT2D eigenvalue weighted by molar-refractivity contribution is -0.142. The van der Waals surface area contributed by atoms with E-state index in [2.05, 4.69) is 11.9 Å². The highest BCUT2D eigenvalue weighted by Gasteiger charge is 2.41. The lowest BCUT2D eigenvalue weighted by Crippen LogP contribution is -2.35. The molecule has 0 atom stereocenters. The molecule has 6 heteroatoms. The molecule has 4 amide bonds. The summed E-state index contributed by atoms with van der Waals surface area (Å²) in [5.74, 6) is -1.58. The van der Waals surface area contributed by atoms with Crippen LogP contribution in [-0.4, -0.2) is 54.3 Å². The third kappa shape index (κ3) is 2.27. The highest BCUT2D eigenvalue weighted by molar-refractivity contribution is 6.44. The zero-order chi connectivity index (χ0) is 12.3. The van der Waals surface area contributed by atoms with Gasteiger partial charge >= 0.3 is 17.8 Å². The standard InChI is InChI=1S/C10H15N3O3/c1-4-11-5-7(2)6-13-9(15)8(14)12(3)10(13)16/h11H,2,4-6H2,1,3H3. The molecule has 1 aliphatic heterocycles. The van der Waals surface area contributed by atoms with Gasteiger partial charge in [0.05, 0.1) is 6.54 Å². The maximum atomic E-state index is 11.5. The Bertz CT molecular complexity index is 351. The molecule has 88 valence electrons. The van der Waals surface area contributed by atoms with Crippen LogP contribution >= 0.6 is 0 Å². The first-order chi connectivity index (χ1) is 7.49. The molecule has 0 bridgehead atoms. The summed E-state index contributed by atoms with van der Waals surface area (Å²) in [6.07, 6.45) is 0. The molecule has 0 unspecified atom stereocenters. The average Bonchev–Trinajstić information content (AvgIpc) is 2.44. The van der Waals surface area contributed by atoms with E-state index in [9.17, 15) is 14.4 Å². The Morgan fingerprint density at radius 3 is 2.38 bits per heavy atom. The van der Waals surface area contributed by atoms with Crippen LogP contribution in [0.15, 0.2) is 12.2 Å². The van der Waals surface area contributed by atoms with Gasteiger partial charge in [-0.2, -0.15) is 0 Å². The second-order valence-electron chi connectivity index (χ2n) is 3.57. The molecule has 0 aliphatic carbocycles. The highest BCUT2D eigenvalue weighted by Crippen LogP contribution is 2.10. The van der Waals surface area contributed by atoms with Gasteiger partial charge in [-0.25, -0.2) is 4.79 Å². The molecule has 16 heavy (non-hydrogen) atoms. The SMILES string of the molecule is C=C(CNCC)CN1C(=O)C(=O)N(C)C1=O. The fourth-order valence-electron chi connectivity index (χ4n) is 1.33. The summed E-state index contributed by atoms with van der Waals surface area (Å²) in [6, 6.07) is -0.590. The number of urea groups is 1. The predicted molar refractivity (Wildman–Crippen MR) is 57.6 cm³/mol. The van der Waals surface area contributed by atoms with Gasteiger partial charge in [0.1, 0.15) is 0 Å². The van der Waals surface area contributed by atoms with Gasteiger partial charge in [-0.3, -0.25) is 19.4 Å². The van der Waals surface area contributed by atoms with Crippen molar-refractivity contribution in [3.63, 3.8) is 0 Å². The first-order valence-electron chi connectivity index (χ1n) is 5.00. The van der Waals surface area contributed by atoms with E-state index in [1.165, 1.54) is 7.05 Å². The number of hydrogen-bond donors (Lipinski definition) is 1. The van der Waals surface area contributed by atoms with Gasteiger partial charge in [-0.15, -0.1) is 0 Å². The van der Waals surface area contributed by atoms with Gasteiger partial charge in [0.2, 0.25) is 0 Å². The summed E-state index contributed by atoms with van der Waals surface area (Å²) in [4.78, 5) is 35.8. The first kappa shape index (κ1) is 12.4. The van der Waals surface area contributed by atoms with E-state index in [0.717, 1.165) is 16.3 Å². The summed E-state index contributed by atoms with van der Waals surface area (Å²) in [5, 5.41) is 3.03. The van der Waals surface area contributed by atoms with Gasteiger partial charge in [0, 0.05) is 13.6 Å². The Labute approximate surface area is 93.9 Å². The third-order valence-corrected chi connectivity index (χ3v) is 2.26. The van der Waals surface area contributed by atoms with E-state index in [0.29, 0.717) is 12.1 Å². The molecule has 0 aromatic rings. The number of imide groups is 2. The molecule has 1 N–H and O–H groups in total. The summed E-state index contributed by atoms with van der Waals surface area (Å²) in [5.41, 5.74) is 0.687. The normalized spacial score (nSPS) is 16.2. The number of hydrogen-bond acceptors (Lipinski definition) is 4. The maximum absolute atomic E-state index is 11.5. The lowest BCUT2D eigenvalue weighted by Gasteiger charge is -2.14. The van der Waals surface area contributed by atoms with E-state index < -0.39 is 17.8 Å². The van der Waals surface area contributed by atoms with E-state index in [1.54, 1.807) is 0 Å². The topological polar surface area (TPSA) is 69.7 Å². The monoisotopic (exact) mass is 225 g/mol. The minimum atomic E-state index is -0.791. The van der Waals surface area contributed by atoms with Crippen LogP contribution in [0.2, 0.25) is 0 Å². The summed E-state index contributed by atoms with van der Waals surface area (Å²) >= 11 is 0. The van der Waals surface area contributed by atoms with Crippen molar-refractivity contribution in [2.24, 2.45) is 0 Å². The zero-order valence-electron chi connectivity index (χ0n) is 9.45. The Morgan fingerprint density at radius 1 is 1.31 bits per heavy atom. The minimum absolute atomic E-state index is 0.0841. The van der Waals surface area contributed by atoms with Crippen molar-refractivity contribution in [2.45, 2.75) is 6.92 Å². The van der Waals surface area contributed by atoms with Gasteiger partial charge < -0.3 is 5.32 Å². The molecule has 1 rings (SSSR count). The second-order valence-corrected chi connectivity index (χ2v) is 3.57. The second kappa shape index (κ2) is 4.89. The fourth-order valence-corrected chi connectivity index (χ4v) is 1.33. The van der Waals surface area contributed by atoms with Crippen molar-refractivity contribution in [1.82, 2.24) is 15.1 Å². The van der Waals surface area contributed by atoms with Crippen LogP contribution in [0.3, 0.4) is 0 Å². The smallest absolute Gasteiger partial charge is 0.313 e. The molecule has 0 aromatic carbocycles. The van der Waals surface area contributed by atoms with Gasteiger partial charge in [0.15, 0.2) is 0 Å². The molecule has 0 spiro atoms. The molecule has 0 radical (unpaired) electrons. The Morgan fingerprint density at radius 2 is 1.94 bits per heavy atom. The Hall–Kier alpha value is -1.69. The number of rotatable bonds is 5. The largest absolute Gasteiger partial charge is 0.334 e. The number of carbonyl (C=O) groups excluding carboxylic acids is 3. The number of carbonyl (C=O) groups is 3. The Kier molecular flexibility index (Phi) is 3.78. The average molecular weight is 225 g/mol. The van der Waals surface area contributed by atoms with Crippen LogP contribution in [0.4, 0.5) is 4.79 Å². The van der Waals surface area contributed by atoms with Gasteiger partial charge in [-0.05, 0) is 12.1 Å².